The average molecular weight is 605 g/mol. The third-order valence-electron chi connectivity index (χ3n) is 6.45. The Morgan fingerprint density at radius 1 is 0.973 bits per heavy atom. The maximum absolute atomic E-state index is 13.9. The van der Waals surface area contributed by atoms with Crippen molar-refractivity contribution in [2.24, 2.45) is 5.92 Å². The minimum absolute atomic E-state index is 0.141. The van der Waals surface area contributed by atoms with Crippen molar-refractivity contribution >= 4 is 62.5 Å². The number of nitrogens with one attached hydrogen (secondary N) is 1. The summed E-state index contributed by atoms with van der Waals surface area (Å²) in [7, 11) is 3.03. The Morgan fingerprint density at radius 3 is 2.43 bits per heavy atom. The number of hydrazine groups is 1. The summed E-state index contributed by atoms with van der Waals surface area (Å²) >= 11 is 15.8. The van der Waals surface area contributed by atoms with Crippen molar-refractivity contribution in [1.82, 2.24) is 10.4 Å². The number of hydrogen-bond acceptors (Lipinski definition) is 6. The van der Waals surface area contributed by atoms with E-state index in [2.05, 4.69) is 21.4 Å². The summed E-state index contributed by atoms with van der Waals surface area (Å²) in [4.78, 5) is 42.4. The van der Waals surface area contributed by atoms with Crippen LogP contribution in [0.15, 0.2) is 65.1 Å². The minimum Gasteiger partial charge on any atom is -0.497 e. The van der Waals surface area contributed by atoms with Gasteiger partial charge in [-0.05, 0) is 54.6 Å². The molecule has 0 saturated carbocycles. The number of anilines is 1. The van der Waals surface area contributed by atoms with Crippen LogP contribution in [0.1, 0.15) is 22.0 Å². The zero-order chi connectivity index (χ0) is 26.4. The molecule has 5 rings (SSSR count). The van der Waals surface area contributed by atoms with Crippen LogP contribution in [0.3, 0.4) is 0 Å². The summed E-state index contributed by atoms with van der Waals surface area (Å²) in [5, 5.41) is 1.72. The van der Waals surface area contributed by atoms with Crippen molar-refractivity contribution in [3.8, 4) is 11.5 Å². The Morgan fingerprint density at radius 2 is 1.76 bits per heavy atom. The Hall–Kier alpha value is -3.11. The molecule has 3 atom stereocenters. The molecule has 3 aromatic rings. The smallest absolute Gasteiger partial charge is 0.268 e. The van der Waals surface area contributed by atoms with Crippen LogP contribution in [0.25, 0.3) is 0 Å². The van der Waals surface area contributed by atoms with Crippen molar-refractivity contribution < 1.29 is 23.9 Å². The Kier molecular flexibility index (Phi) is 6.89. The molecule has 1 N–H and O–H groups in total. The number of benzene rings is 3. The molecule has 3 aromatic carbocycles. The van der Waals surface area contributed by atoms with Crippen LogP contribution in [-0.2, 0) is 9.59 Å². The van der Waals surface area contributed by atoms with Crippen LogP contribution in [0.2, 0.25) is 10.0 Å². The molecule has 2 saturated heterocycles. The van der Waals surface area contributed by atoms with E-state index in [1.807, 2.05) is 0 Å². The van der Waals surface area contributed by atoms with E-state index < -0.39 is 35.7 Å². The number of methoxy groups -OCH3 is 2. The van der Waals surface area contributed by atoms with Gasteiger partial charge in [-0.15, -0.1) is 0 Å². The second-order valence-electron chi connectivity index (χ2n) is 8.48. The van der Waals surface area contributed by atoms with Gasteiger partial charge in [-0.2, -0.15) is 0 Å². The molecular formula is C26H20BrCl2N3O5. The molecule has 2 heterocycles. The van der Waals surface area contributed by atoms with Gasteiger partial charge in [-0.1, -0.05) is 45.2 Å². The van der Waals surface area contributed by atoms with Crippen molar-refractivity contribution in [3.63, 3.8) is 0 Å². The molecule has 2 aliphatic heterocycles. The number of nitrogens with zero attached hydrogens (tertiary/aromatic N) is 2. The quantitative estimate of drug-likeness (QED) is 0.411. The van der Waals surface area contributed by atoms with Gasteiger partial charge in [0, 0.05) is 20.6 Å². The second kappa shape index (κ2) is 9.98. The van der Waals surface area contributed by atoms with Crippen LogP contribution < -0.4 is 19.8 Å². The van der Waals surface area contributed by atoms with Crippen LogP contribution in [0, 0.1) is 5.92 Å². The number of fused-ring (bicyclic) bond motifs is 1. The van der Waals surface area contributed by atoms with Crippen LogP contribution in [-0.4, -0.2) is 43.0 Å². The molecular weight excluding hydrogens is 585 g/mol. The zero-order valence-electron chi connectivity index (χ0n) is 19.6. The highest BCUT2D eigenvalue weighted by molar-refractivity contribution is 9.10. The number of amides is 3. The first-order valence-corrected chi connectivity index (χ1v) is 12.7. The van der Waals surface area contributed by atoms with Crippen LogP contribution >= 0.6 is 39.1 Å². The fraction of sp³-hybridized carbons (Fsp3) is 0.192. The van der Waals surface area contributed by atoms with E-state index in [1.54, 1.807) is 48.5 Å². The van der Waals surface area contributed by atoms with E-state index in [-0.39, 0.29) is 10.7 Å². The second-order valence-corrected chi connectivity index (χ2v) is 10.2. The molecule has 0 aromatic heterocycles. The molecule has 8 nitrogen and oxygen atoms in total. The maximum Gasteiger partial charge on any atom is 0.268 e. The van der Waals surface area contributed by atoms with Crippen LogP contribution in [0.4, 0.5) is 5.69 Å². The standard InChI is InChI=1S/C26H20BrCl2N3O5/c1-36-16-7-9-20(37-2)17(12-16)22-21-23(32(30-22)24(33)13-4-3-5-14(27)10-13)26(35)31(25(21)34)19-8-6-15(28)11-18(19)29/h3-12,21-23,30H,1-2H3/t21-,22-,23+/m0/s1. The molecule has 0 radical (unpaired) electrons. The number of hydrogen-bond donors (Lipinski definition) is 1. The van der Waals surface area contributed by atoms with Gasteiger partial charge in [0.25, 0.3) is 11.8 Å². The number of halogens is 3. The fourth-order valence-electron chi connectivity index (χ4n) is 4.78. The van der Waals surface area contributed by atoms with Gasteiger partial charge in [-0.3, -0.25) is 19.4 Å². The summed E-state index contributed by atoms with van der Waals surface area (Å²) in [6.45, 7) is 0. The summed E-state index contributed by atoms with van der Waals surface area (Å²) in [5.74, 6) is -1.52. The predicted octanol–water partition coefficient (Wildman–Crippen LogP) is 5.03. The average Bonchev–Trinajstić information content (AvgIpc) is 3.40. The van der Waals surface area contributed by atoms with Crippen LogP contribution in [0.5, 0.6) is 11.5 Å². The lowest BCUT2D eigenvalue weighted by Crippen LogP contribution is -2.48. The number of carbonyl (C=O) groups excluding carboxylic acids is 3. The van der Waals surface area contributed by atoms with E-state index in [0.717, 1.165) is 4.90 Å². The molecule has 0 aliphatic carbocycles. The molecule has 0 spiro atoms. The first kappa shape index (κ1) is 25.5. The molecule has 11 heteroatoms. The normalized spacial score (nSPS) is 20.8. The van der Waals surface area contributed by atoms with E-state index in [4.69, 9.17) is 32.7 Å². The zero-order valence-corrected chi connectivity index (χ0v) is 22.7. The van der Waals surface area contributed by atoms with Gasteiger partial charge in [0.1, 0.15) is 17.5 Å². The molecule has 2 fully saturated rings. The summed E-state index contributed by atoms with van der Waals surface area (Å²) in [5.41, 5.74) is 4.21. The number of ether oxygens (including phenoxy) is 2. The third-order valence-corrected chi connectivity index (χ3v) is 7.48. The lowest BCUT2D eigenvalue weighted by atomic mass is 9.90. The summed E-state index contributed by atoms with van der Waals surface area (Å²) in [6.07, 6.45) is 0. The van der Waals surface area contributed by atoms with E-state index in [0.29, 0.717) is 32.1 Å². The first-order valence-electron chi connectivity index (χ1n) is 11.1. The highest BCUT2D eigenvalue weighted by Crippen LogP contribution is 2.46. The van der Waals surface area contributed by atoms with Gasteiger partial charge in [0.2, 0.25) is 5.91 Å². The van der Waals surface area contributed by atoms with Gasteiger partial charge >= 0.3 is 0 Å². The van der Waals surface area contributed by atoms with Crippen molar-refractivity contribution in [3.05, 3.63) is 86.3 Å². The predicted molar refractivity (Wildman–Crippen MR) is 142 cm³/mol. The number of rotatable bonds is 5. The van der Waals surface area contributed by atoms with Gasteiger partial charge in [0.05, 0.1) is 36.9 Å². The SMILES string of the molecule is COc1ccc(OC)c([C@@H]2NN(C(=O)c3cccc(Br)c3)[C@H]3C(=O)N(c4ccc(Cl)cc4Cl)C(=O)[C@@H]23)c1. The topological polar surface area (TPSA) is 88.2 Å². The fourth-order valence-corrected chi connectivity index (χ4v) is 5.67. The lowest BCUT2D eigenvalue weighted by Gasteiger charge is -2.26. The molecule has 2 aliphatic rings. The van der Waals surface area contributed by atoms with Gasteiger partial charge in [-0.25, -0.2) is 10.3 Å². The van der Waals surface area contributed by atoms with Crippen molar-refractivity contribution in [2.45, 2.75) is 12.1 Å². The summed E-state index contributed by atoms with van der Waals surface area (Å²) in [6, 6.07) is 14.5. The Bertz CT molecular complexity index is 1440. The molecule has 190 valence electrons. The van der Waals surface area contributed by atoms with Crippen molar-refractivity contribution in [2.75, 3.05) is 19.1 Å². The third kappa shape index (κ3) is 4.35. The summed E-state index contributed by atoms with van der Waals surface area (Å²) < 4.78 is 11.6. The molecule has 37 heavy (non-hydrogen) atoms. The first-order chi connectivity index (χ1) is 17.7. The van der Waals surface area contributed by atoms with E-state index in [1.165, 1.54) is 31.4 Å². The minimum atomic E-state index is -1.13. The highest BCUT2D eigenvalue weighted by atomic mass is 79.9. The monoisotopic (exact) mass is 603 g/mol. The van der Waals surface area contributed by atoms with E-state index >= 15 is 0 Å². The lowest BCUT2D eigenvalue weighted by molar-refractivity contribution is -0.123. The molecule has 0 unspecified atom stereocenters. The molecule has 0 bridgehead atoms. The Labute approximate surface area is 231 Å². The number of imide groups is 1. The van der Waals surface area contributed by atoms with Gasteiger partial charge in [0.15, 0.2) is 0 Å². The van der Waals surface area contributed by atoms with Gasteiger partial charge < -0.3 is 9.47 Å². The largest absolute Gasteiger partial charge is 0.497 e. The maximum atomic E-state index is 13.9. The highest BCUT2D eigenvalue weighted by Gasteiger charge is 2.61. The van der Waals surface area contributed by atoms with Crippen molar-refractivity contribution in [1.29, 1.82) is 0 Å². The molecule has 3 amide bonds. The van der Waals surface area contributed by atoms with E-state index in [9.17, 15) is 14.4 Å². The Balaban J connectivity index is 1.64. The number of carbonyl (C=O) groups is 3.